The van der Waals surface area contributed by atoms with E-state index in [1.165, 1.54) is 24.3 Å². The maximum absolute atomic E-state index is 13.5. The molecule has 114 valence electrons. The molecule has 0 aliphatic carbocycles. The first kappa shape index (κ1) is 16.5. The van der Waals surface area contributed by atoms with E-state index in [0.29, 0.717) is 18.0 Å². The van der Waals surface area contributed by atoms with Crippen LogP contribution in [-0.4, -0.2) is 12.5 Å². The Morgan fingerprint density at radius 1 is 1.18 bits per heavy atom. The molecule has 2 aromatic rings. The Bertz CT molecular complexity index is 681. The van der Waals surface area contributed by atoms with Crippen LogP contribution in [0.3, 0.4) is 0 Å². The van der Waals surface area contributed by atoms with Gasteiger partial charge < -0.3 is 5.32 Å². The zero-order valence-corrected chi connectivity index (χ0v) is 13.2. The van der Waals surface area contributed by atoms with Crippen molar-refractivity contribution in [1.29, 1.82) is 0 Å². The second kappa shape index (κ2) is 7.97. The van der Waals surface area contributed by atoms with Crippen LogP contribution in [0.4, 0.5) is 4.39 Å². The summed E-state index contributed by atoms with van der Waals surface area (Å²) in [6, 6.07) is 11.8. The monoisotopic (exact) mass is 337 g/mol. The minimum absolute atomic E-state index is 0.203. The Morgan fingerprint density at radius 2 is 1.95 bits per heavy atom. The van der Waals surface area contributed by atoms with Gasteiger partial charge in [-0.1, -0.05) is 41.4 Å². The minimum atomic E-state index is -0.463. The van der Waals surface area contributed by atoms with E-state index in [0.717, 1.165) is 5.56 Å². The molecule has 0 radical (unpaired) electrons. The lowest BCUT2D eigenvalue weighted by molar-refractivity contribution is -0.116. The maximum atomic E-state index is 13.5. The molecule has 0 unspecified atom stereocenters. The average Bonchev–Trinajstić information content (AvgIpc) is 2.47. The molecule has 1 amide bonds. The molecule has 0 bridgehead atoms. The molecule has 2 rings (SSSR count). The van der Waals surface area contributed by atoms with Gasteiger partial charge in [0.05, 0.1) is 5.02 Å². The van der Waals surface area contributed by atoms with Crippen molar-refractivity contribution >= 4 is 35.2 Å². The van der Waals surface area contributed by atoms with E-state index in [2.05, 4.69) is 5.32 Å². The van der Waals surface area contributed by atoms with E-state index in [-0.39, 0.29) is 16.5 Å². The predicted molar refractivity (Wildman–Crippen MR) is 88.6 cm³/mol. The average molecular weight is 338 g/mol. The number of hydrogen-bond acceptors (Lipinski definition) is 1. The van der Waals surface area contributed by atoms with Crippen LogP contribution in [0.1, 0.15) is 11.1 Å². The number of halogens is 3. The van der Waals surface area contributed by atoms with Gasteiger partial charge in [0.1, 0.15) is 5.82 Å². The number of hydrogen-bond donors (Lipinski definition) is 1. The van der Waals surface area contributed by atoms with Crippen LogP contribution in [-0.2, 0) is 11.2 Å². The quantitative estimate of drug-likeness (QED) is 0.799. The normalized spacial score (nSPS) is 10.9. The molecule has 22 heavy (non-hydrogen) atoms. The van der Waals surface area contributed by atoms with Gasteiger partial charge in [0, 0.05) is 23.2 Å². The van der Waals surface area contributed by atoms with Crippen molar-refractivity contribution in [3.05, 3.63) is 75.5 Å². The van der Waals surface area contributed by atoms with Crippen LogP contribution >= 0.6 is 23.2 Å². The molecule has 0 aliphatic rings. The Hall–Kier alpha value is -1.84. The Labute approximate surface area is 138 Å². The fraction of sp³-hybridized carbons (Fsp3) is 0.118. The smallest absolute Gasteiger partial charge is 0.244 e. The highest BCUT2D eigenvalue weighted by molar-refractivity contribution is 6.32. The van der Waals surface area contributed by atoms with Crippen molar-refractivity contribution in [3.63, 3.8) is 0 Å². The molecule has 0 spiro atoms. The minimum Gasteiger partial charge on any atom is -0.352 e. The Morgan fingerprint density at radius 3 is 2.68 bits per heavy atom. The molecular formula is C17H14Cl2FNO. The van der Waals surface area contributed by atoms with Gasteiger partial charge in [0.25, 0.3) is 0 Å². The standard InChI is InChI=1S/C17H14Cl2FNO/c18-13-4-1-3-12(11-13)9-10-21-17(22)8-7-14-15(19)5-2-6-16(14)20/h1-8,11H,9-10H2,(H,21,22). The lowest BCUT2D eigenvalue weighted by Crippen LogP contribution is -2.23. The van der Waals surface area contributed by atoms with Crippen molar-refractivity contribution < 1.29 is 9.18 Å². The van der Waals surface area contributed by atoms with Gasteiger partial charge in [-0.25, -0.2) is 4.39 Å². The number of carbonyl (C=O) groups excluding carboxylic acids is 1. The lowest BCUT2D eigenvalue weighted by atomic mass is 10.1. The van der Waals surface area contributed by atoms with Gasteiger partial charge in [-0.05, 0) is 42.3 Å². The molecule has 2 aromatic carbocycles. The van der Waals surface area contributed by atoms with Gasteiger partial charge in [0.2, 0.25) is 5.91 Å². The van der Waals surface area contributed by atoms with Crippen molar-refractivity contribution in [2.75, 3.05) is 6.54 Å². The summed E-state index contributed by atoms with van der Waals surface area (Å²) in [7, 11) is 0. The number of benzene rings is 2. The van der Waals surface area contributed by atoms with Crippen molar-refractivity contribution in [2.45, 2.75) is 6.42 Å². The van der Waals surface area contributed by atoms with E-state index < -0.39 is 5.82 Å². The third-order valence-electron chi connectivity index (χ3n) is 3.00. The summed E-state index contributed by atoms with van der Waals surface area (Å²) in [6.07, 6.45) is 3.30. The van der Waals surface area contributed by atoms with Crippen LogP contribution < -0.4 is 5.32 Å². The highest BCUT2D eigenvalue weighted by Gasteiger charge is 2.04. The van der Waals surface area contributed by atoms with Crippen molar-refractivity contribution in [2.24, 2.45) is 0 Å². The SMILES string of the molecule is O=C(C=Cc1c(F)cccc1Cl)NCCc1cccc(Cl)c1. The summed E-state index contributed by atoms with van der Waals surface area (Å²) in [5.74, 6) is -0.767. The molecule has 1 N–H and O–H groups in total. The van der Waals surface area contributed by atoms with Crippen molar-refractivity contribution in [3.8, 4) is 0 Å². The van der Waals surface area contributed by atoms with Gasteiger partial charge >= 0.3 is 0 Å². The number of rotatable bonds is 5. The van der Waals surface area contributed by atoms with Crippen molar-refractivity contribution in [1.82, 2.24) is 5.32 Å². The molecule has 0 fully saturated rings. The first-order valence-electron chi connectivity index (χ1n) is 6.70. The van der Waals surface area contributed by atoms with E-state index in [1.54, 1.807) is 12.1 Å². The van der Waals surface area contributed by atoms with E-state index in [9.17, 15) is 9.18 Å². The van der Waals surface area contributed by atoms with Crippen LogP contribution in [0.25, 0.3) is 6.08 Å². The third kappa shape index (κ3) is 4.86. The van der Waals surface area contributed by atoms with Crippen LogP contribution in [0.5, 0.6) is 0 Å². The molecule has 0 atom stereocenters. The molecular weight excluding hydrogens is 324 g/mol. The number of nitrogens with one attached hydrogen (secondary N) is 1. The highest BCUT2D eigenvalue weighted by Crippen LogP contribution is 2.20. The molecule has 2 nitrogen and oxygen atoms in total. The molecule has 0 saturated heterocycles. The second-order valence-electron chi connectivity index (χ2n) is 4.64. The summed E-state index contributed by atoms with van der Waals surface area (Å²) in [4.78, 5) is 11.7. The molecule has 0 aromatic heterocycles. The second-order valence-corrected chi connectivity index (χ2v) is 5.48. The molecule has 5 heteroatoms. The first-order chi connectivity index (χ1) is 10.6. The number of amides is 1. The fourth-order valence-electron chi connectivity index (χ4n) is 1.91. The van der Waals surface area contributed by atoms with Gasteiger partial charge in [-0.15, -0.1) is 0 Å². The molecule has 0 heterocycles. The van der Waals surface area contributed by atoms with Crippen LogP contribution in [0, 0.1) is 5.82 Å². The predicted octanol–water partition coefficient (Wildman–Crippen LogP) is 4.50. The zero-order valence-electron chi connectivity index (χ0n) is 11.7. The van der Waals surface area contributed by atoms with Crippen LogP contribution in [0.15, 0.2) is 48.5 Å². The number of carbonyl (C=O) groups is 1. The topological polar surface area (TPSA) is 29.1 Å². The third-order valence-corrected chi connectivity index (χ3v) is 3.57. The zero-order chi connectivity index (χ0) is 15.9. The lowest BCUT2D eigenvalue weighted by Gasteiger charge is -2.03. The molecule has 0 saturated carbocycles. The molecule has 0 aliphatic heterocycles. The van der Waals surface area contributed by atoms with Crippen LogP contribution in [0.2, 0.25) is 10.0 Å². The summed E-state index contributed by atoms with van der Waals surface area (Å²) >= 11 is 11.8. The van der Waals surface area contributed by atoms with E-state index in [4.69, 9.17) is 23.2 Å². The van der Waals surface area contributed by atoms with Gasteiger partial charge in [0.15, 0.2) is 0 Å². The summed E-state index contributed by atoms with van der Waals surface area (Å²) in [5.41, 5.74) is 1.24. The summed E-state index contributed by atoms with van der Waals surface area (Å²) in [5, 5.41) is 3.66. The maximum Gasteiger partial charge on any atom is 0.244 e. The van der Waals surface area contributed by atoms with E-state index >= 15 is 0 Å². The summed E-state index contributed by atoms with van der Waals surface area (Å²) < 4.78 is 13.5. The summed E-state index contributed by atoms with van der Waals surface area (Å²) in [6.45, 7) is 0.467. The van der Waals surface area contributed by atoms with Gasteiger partial charge in [-0.2, -0.15) is 0 Å². The highest BCUT2D eigenvalue weighted by atomic mass is 35.5. The van der Waals surface area contributed by atoms with E-state index in [1.807, 2.05) is 18.2 Å². The fourth-order valence-corrected chi connectivity index (χ4v) is 2.35. The largest absolute Gasteiger partial charge is 0.352 e. The Kier molecular flexibility index (Phi) is 5.99. The van der Waals surface area contributed by atoms with Gasteiger partial charge in [-0.3, -0.25) is 4.79 Å². The Balaban J connectivity index is 1.87. The first-order valence-corrected chi connectivity index (χ1v) is 7.46.